The van der Waals surface area contributed by atoms with Gasteiger partial charge in [0, 0.05) is 25.8 Å². The second-order valence-electron chi connectivity index (χ2n) is 8.18. The van der Waals surface area contributed by atoms with Crippen LogP contribution in [-0.2, 0) is 11.8 Å². The van der Waals surface area contributed by atoms with Crippen molar-refractivity contribution < 1.29 is 4.74 Å². The molecule has 1 aliphatic heterocycles. The number of hydrogen-bond donors (Lipinski definition) is 0. The molecule has 6 heteroatoms. The standard InChI is InChI=1S/C24H27N5O/c1-16-23(28(3)27-26-16)20-9-10-21-22(15-20)29(17(2)25-21)24(18-7-5-4-6-8-18)19-11-13-30-14-12-19/h4-10,15,19,24H,11-14H2,1-3H3/t24-/m1/s1. The molecule has 0 aliphatic carbocycles. The van der Waals surface area contributed by atoms with E-state index in [1.807, 2.05) is 18.7 Å². The first-order valence-electron chi connectivity index (χ1n) is 10.6. The van der Waals surface area contributed by atoms with E-state index >= 15 is 0 Å². The fourth-order valence-corrected chi connectivity index (χ4v) is 4.88. The summed E-state index contributed by atoms with van der Waals surface area (Å²) < 4.78 is 9.95. The lowest BCUT2D eigenvalue weighted by molar-refractivity contribution is 0.0545. The highest BCUT2D eigenvalue weighted by molar-refractivity contribution is 5.82. The van der Waals surface area contributed by atoms with E-state index in [0.717, 1.165) is 59.9 Å². The Kier molecular flexibility index (Phi) is 4.87. The Morgan fingerprint density at radius 3 is 2.50 bits per heavy atom. The first-order valence-corrected chi connectivity index (χ1v) is 10.6. The van der Waals surface area contributed by atoms with E-state index in [-0.39, 0.29) is 6.04 Å². The zero-order valence-electron chi connectivity index (χ0n) is 17.7. The van der Waals surface area contributed by atoms with Crippen LogP contribution in [0.15, 0.2) is 48.5 Å². The topological polar surface area (TPSA) is 57.8 Å². The predicted octanol–water partition coefficient (Wildman–Crippen LogP) is 4.46. The Bertz CT molecular complexity index is 1150. The van der Waals surface area contributed by atoms with Crippen molar-refractivity contribution in [1.29, 1.82) is 0 Å². The van der Waals surface area contributed by atoms with E-state index in [0.29, 0.717) is 5.92 Å². The minimum atomic E-state index is 0.237. The maximum Gasteiger partial charge on any atom is 0.107 e. The molecule has 0 saturated carbocycles. The molecule has 5 rings (SSSR count). The van der Waals surface area contributed by atoms with Crippen molar-refractivity contribution in [2.45, 2.75) is 32.7 Å². The summed E-state index contributed by atoms with van der Waals surface area (Å²) in [5, 5.41) is 8.42. The van der Waals surface area contributed by atoms with E-state index in [9.17, 15) is 0 Å². The molecule has 3 heterocycles. The molecule has 0 amide bonds. The molecule has 0 spiro atoms. The number of benzene rings is 2. The largest absolute Gasteiger partial charge is 0.381 e. The third-order valence-electron chi connectivity index (χ3n) is 6.27. The number of aromatic nitrogens is 5. The van der Waals surface area contributed by atoms with Crippen LogP contribution in [0.2, 0.25) is 0 Å². The predicted molar refractivity (Wildman–Crippen MR) is 117 cm³/mol. The number of imidazole rings is 1. The smallest absolute Gasteiger partial charge is 0.107 e. The molecule has 30 heavy (non-hydrogen) atoms. The van der Waals surface area contributed by atoms with Gasteiger partial charge in [0.25, 0.3) is 0 Å². The van der Waals surface area contributed by atoms with Crippen molar-refractivity contribution in [2.24, 2.45) is 13.0 Å². The van der Waals surface area contributed by atoms with Gasteiger partial charge in [-0.1, -0.05) is 41.6 Å². The summed E-state index contributed by atoms with van der Waals surface area (Å²) >= 11 is 0. The number of rotatable bonds is 4. The summed E-state index contributed by atoms with van der Waals surface area (Å²) in [7, 11) is 1.94. The van der Waals surface area contributed by atoms with Gasteiger partial charge in [-0.3, -0.25) is 0 Å². The van der Waals surface area contributed by atoms with E-state index in [2.05, 4.69) is 70.3 Å². The lowest BCUT2D eigenvalue weighted by Crippen LogP contribution is -2.27. The third kappa shape index (κ3) is 3.21. The van der Waals surface area contributed by atoms with Gasteiger partial charge in [-0.05, 0) is 50.3 Å². The molecule has 2 aromatic carbocycles. The van der Waals surface area contributed by atoms with Crippen LogP contribution in [0.5, 0.6) is 0 Å². The average Bonchev–Trinajstić information content (AvgIpc) is 3.28. The fraction of sp³-hybridized carbons (Fsp3) is 0.375. The van der Waals surface area contributed by atoms with E-state index in [1.165, 1.54) is 5.56 Å². The molecule has 1 aliphatic rings. The van der Waals surface area contributed by atoms with Crippen LogP contribution in [-0.4, -0.2) is 37.8 Å². The number of aryl methyl sites for hydroxylation is 3. The maximum absolute atomic E-state index is 5.67. The molecule has 1 fully saturated rings. The van der Waals surface area contributed by atoms with E-state index in [1.54, 1.807) is 0 Å². The molecule has 6 nitrogen and oxygen atoms in total. The molecule has 4 aromatic rings. The number of hydrogen-bond acceptors (Lipinski definition) is 4. The molecule has 1 saturated heterocycles. The van der Waals surface area contributed by atoms with Gasteiger partial charge in [-0.15, -0.1) is 5.10 Å². The average molecular weight is 402 g/mol. The van der Waals surface area contributed by atoms with Crippen LogP contribution in [0.1, 0.15) is 36.0 Å². The van der Waals surface area contributed by atoms with Crippen molar-refractivity contribution >= 4 is 11.0 Å². The molecule has 0 N–H and O–H groups in total. The van der Waals surface area contributed by atoms with Gasteiger partial charge >= 0.3 is 0 Å². The zero-order valence-corrected chi connectivity index (χ0v) is 17.7. The Labute approximate surface area is 176 Å². The van der Waals surface area contributed by atoms with Crippen LogP contribution >= 0.6 is 0 Å². The number of nitrogens with zero attached hydrogens (tertiary/aromatic N) is 5. The van der Waals surface area contributed by atoms with Crippen molar-refractivity contribution in [3.63, 3.8) is 0 Å². The Hall–Kier alpha value is -2.99. The summed E-state index contributed by atoms with van der Waals surface area (Å²) in [6, 6.07) is 17.5. The zero-order chi connectivity index (χ0) is 20.7. The van der Waals surface area contributed by atoms with Gasteiger partial charge in [0.15, 0.2) is 0 Å². The highest BCUT2D eigenvalue weighted by atomic mass is 16.5. The highest BCUT2D eigenvalue weighted by Gasteiger charge is 2.29. The Morgan fingerprint density at radius 1 is 1.03 bits per heavy atom. The fourth-order valence-electron chi connectivity index (χ4n) is 4.88. The molecule has 154 valence electrons. The Balaban J connectivity index is 1.70. The minimum absolute atomic E-state index is 0.237. The van der Waals surface area contributed by atoms with Gasteiger partial charge in [0.1, 0.15) is 5.82 Å². The van der Waals surface area contributed by atoms with Crippen molar-refractivity contribution in [2.75, 3.05) is 13.2 Å². The molecule has 1 atom stereocenters. The summed E-state index contributed by atoms with van der Waals surface area (Å²) in [5.74, 6) is 1.56. The second kappa shape index (κ2) is 7.69. The number of ether oxygens (including phenoxy) is 1. The van der Waals surface area contributed by atoms with Crippen LogP contribution in [0, 0.1) is 19.8 Å². The first-order chi connectivity index (χ1) is 14.6. The minimum Gasteiger partial charge on any atom is -0.381 e. The first kappa shape index (κ1) is 19.0. The molecular weight excluding hydrogens is 374 g/mol. The summed E-state index contributed by atoms with van der Waals surface area (Å²) in [4.78, 5) is 4.92. The van der Waals surface area contributed by atoms with Gasteiger partial charge in [-0.25, -0.2) is 9.67 Å². The van der Waals surface area contributed by atoms with E-state index in [4.69, 9.17) is 9.72 Å². The molecule has 0 radical (unpaired) electrons. The van der Waals surface area contributed by atoms with Crippen LogP contribution in [0.3, 0.4) is 0 Å². The molecule has 0 unspecified atom stereocenters. The van der Waals surface area contributed by atoms with Gasteiger partial charge in [0.2, 0.25) is 0 Å². The van der Waals surface area contributed by atoms with Crippen molar-refractivity contribution in [1.82, 2.24) is 24.5 Å². The number of fused-ring (bicyclic) bond motifs is 1. The van der Waals surface area contributed by atoms with Gasteiger partial charge < -0.3 is 9.30 Å². The molecule has 2 aromatic heterocycles. The van der Waals surface area contributed by atoms with Crippen LogP contribution < -0.4 is 0 Å². The monoisotopic (exact) mass is 401 g/mol. The molecule has 0 bridgehead atoms. The van der Waals surface area contributed by atoms with Gasteiger partial charge in [0.05, 0.1) is 28.5 Å². The summed E-state index contributed by atoms with van der Waals surface area (Å²) in [6.07, 6.45) is 2.12. The molecular formula is C24H27N5O. The third-order valence-corrected chi connectivity index (χ3v) is 6.27. The van der Waals surface area contributed by atoms with Crippen molar-refractivity contribution in [3.05, 3.63) is 65.6 Å². The highest BCUT2D eigenvalue weighted by Crippen LogP contribution is 2.37. The normalized spacial score (nSPS) is 16.2. The van der Waals surface area contributed by atoms with Crippen molar-refractivity contribution in [3.8, 4) is 11.3 Å². The lowest BCUT2D eigenvalue weighted by atomic mass is 9.86. The van der Waals surface area contributed by atoms with Crippen LogP contribution in [0.4, 0.5) is 0 Å². The summed E-state index contributed by atoms with van der Waals surface area (Å²) in [6.45, 7) is 5.77. The van der Waals surface area contributed by atoms with Gasteiger partial charge in [-0.2, -0.15) is 0 Å². The van der Waals surface area contributed by atoms with E-state index < -0.39 is 0 Å². The lowest BCUT2D eigenvalue weighted by Gasteiger charge is -2.33. The second-order valence-corrected chi connectivity index (χ2v) is 8.18. The maximum atomic E-state index is 5.67. The Morgan fingerprint density at radius 2 is 1.80 bits per heavy atom. The van der Waals surface area contributed by atoms with Crippen LogP contribution in [0.25, 0.3) is 22.3 Å². The summed E-state index contributed by atoms with van der Waals surface area (Å²) in [5.41, 5.74) is 6.61. The quantitative estimate of drug-likeness (QED) is 0.506. The SMILES string of the molecule is Cc1nnn(C)c1-c1ccc2nc(C)n([C@H](c3ccccc3)C3CCOCC3)c2c1.